The fourth-order valence-electron chi connectivity index (χ4n) is 3.47. The van der Waals surface area contributed by atoms with Gasteiger partial charge in [0.05, 0.1) is 17.0 Å². The highest BCUT2D eigenvalue weighted by Crippen LogP contribution is 2.27. The highest BCUT2D eigenvalue weighted by molar-refractivity contribution is 7.92. The molecule has 0 unspecified atom stereocenters. The van der Waals surface area contributed by atoms with Crippen molar-refractivity contribution in [3.05, 3.63) is 64.7 Å². The van der Waals surface area contributed by atoms with Gasteiger partial charge in [0.25, 0.3) is 0 Å². The van der Waals surface area contributed by atoms with Gasteiger partial charge in [-0.25, -0.2) is 8.42 Å². The van der Waals surface area contributed by atoms with Gasteiger partial charge in [0.2, 0.25) is 21.8 Å². The Morgan fingerprint density at radius 1 is 1.09 bits per heavy atom. The average molecular weight is 480 g/mol. The Kier molecular flexibility index (Phi) is 9.09. The zero-order valence-electron chi connectivity index (χ0n) is 18.8. The number of carbonyl (C=O) groups excluding carboxylic acids is 2. The predicted octanol–water partition coefficient (Wildman–Crippen LogP) is 3.36. The van der Waals surface area contributed by atoms with E-state index in [1.807, 2.05) is 38.1 Å². The van der Waals surface area contributed by atoms with E-state index in [1.54, 1.807) is 31.2 Å². The second kappa shape index (κ2) is 11.3. The predicted molar refractivity (Wildman–Crippen MR) is 128 cm³/mol. The van der Waals surface area contributed by atoms with Crippen molar-refractivity contribution in [2.45, 2.75) is 39.8 Å². The van der Waals surface area contributed by atoms with Gasteiger partial charge in [0.15, 0.2) is 0 Å². The van der Waals surface area contributed by atoms with Crippen LogP contribution in [0.15, 0.2) is 48.5 Å². The van der Waals surface area contributed by atoms with Crippen LogP contribution in [-0.2, 0) is 26.2 Å². The van der Waals surface area contributed by atoms with Gasteiger partial charge < -0.3 is 10.2 Å². The van der Waals surface area contributed by atoms with Crippen molar-refractivity contribution >= 4 is 39.1 Å². The number of benzene rings is 2. The molecule has 7 nitrogen and oxygen atoms in total. The smallest absolute Gasteiger partial charge is 0.244 e. The molecule has 0 bridgehead atoms. The molecule has 1 N–H and O–H groups in total. The Balaban J connectivity index is 2.45. The van der Waals surface area contributed by atoms with E-state index in [2.05, 4.69) is 5.32 Å². The zero-order chi connectivity index (χ0) is 23.9. The highest BCUT2D eigenvalue weighted by atomic mass is 35.5. The molecule has 0 saturated heterocycles. The van der Waals surface area contributed by atoms with Gasteiger partial charge in [-0.15, -0.1) is 0 Å². The van der Waals surface area contributed by atoms with Crippen LogP contribution in [0.1, 0.15) is 31.4 Å². The lowest BCUT2D eigenvalue weighted by molar-refractivity contribution is -0.140. The summed E-state index contributed by atoms with van der Waals surface area (Å²) in [6.45, 7) is 5.70. The summed E-state index contributed by atoms with van der Waals surface area (Å²) in [5, 5.41) is 2.98. The minimum Gasteiger partial charge on any atom is -0.355 e. The quantitative estimate of drug-likeness (QED) is 0.566. The topological polar surface area (TPSA) is 86.8 Å². The molecule has 0 aliphatic heterocycles. The molecular formula is C23H30ClN3O4S. The maximum Gasteiger partial charge on any atom is 0.244 e. The molecule has 0 aromatic heterocycles. The summed E-state index contributed by atoms with van der Waals surface area (Å²) in [5.74, 6) is -0.769. The van der Waals surface area contributed by atoms with Gasteiger partial charge in [-0.2, -0.15) is 0 Å². The molecule has 0 fully saturated rings. The second-order valence-electron chi connectivity index (χ2n) is 7.55. The molecule has 1 atom stereocenters. The number of nitrogens with one attached hydrogen (secondary N) is 1. The number of amides is 2. The molecule has 0 saturated carbocycles. The van der Waals surface area contributed by atoms with Crippen LogP contribution < -0.4 is 9.62 Å². The highest BCUT2D eigenvalue weighted by Gasteiger charge is 2.32. The van der Waals surface area contributed by atoms with Crippen LogP contribution in [0, 0.1) is 6.92 Å². The van der Waals surface area contributed by atoms with Crippen molar-refractivity contribution in [2.24, 2.45) is 0 Å². The number of rotatable bonds is 10. The molecule has 2 rings (SSSR count). The molecule has 0 spiro atoms. The Labute approximate surface area is 195 Å². The van der Waals surface area contributed by atoms with E-state index in [1.165, 1.54) is 4.90 Å². The number of nitrogens with zero attached hydrogens (tertiary/aromatic N) is 2. The van der Waals surface area contributed by atoms with Gasteiger partial charge >= 0.3 is 0 Å². The van der Waals surface area contributed by atoms with Gasteiger partial charge in [-0.3, -0.25) is 13.9 Å². The minimum atomic E-state index is -3.81. The Hall–Kier alpha value is -2.58. The van der Waals surface area contributed by atoms with Crippen molar-refractivity contribution < 1.29 is 18.0 Å². The molecule has 2 amide bonds. The first kappa shape index (κ1) is 25.7. The van der Waals surface area contributed by atoms with Crippen LogP contribution >= 0.6 is 11.6 Å². The summed E-state index contributed by atoms with van der Waals surface area (Å²) in [6, 6.07) is 13.3. The largest absolute Gasteiger partial charge is 0.355 e. The van der Waals surface area contributed by atoms with Crippen LogP contribution in [0.3, 0.4) is 0 Å². The van der Waals surface area contributed by atoms with Gasteiger partial charge in [-0.1, -0.05) is 60.5 Å². The zero-order valence-corrected chi connectivity index (χ0v) is 20.4. The third-order valence-electron chi connectivity index (χ3n) is 4.97. The first-order valence-electron chi connectivity index (χ1n) is 10.4. The summed E-state index contributed by atoms with van der Waals surface area (Å²) in [4.78, 5) is 27.6. The molecule has 9 heteroatoms. The molecular weight excluding hydrogens is 450 g/mol. The van der Waals surface area contributed by atoms with Crippen LogP contribution in [0.5, 0.6) is 0 Å². The third kappa shape index (κ3) is 6.71. The summed E-state index contributed by atoms with van der Waals surface area (Å²) < 4.78 is 26.1. The van der Waals surface area contributed by atoms with E-state index in [9.17, 15) is 18.0 Å². The maximum atomic E-state index is 13.5. The first-order chi connectivity index (χ1) is 15.1. The number of anilines is 1. The number of aryl methyl sites for hydroxylation is 1. The number of hydrogen-bond donors (Lipinski definition) is 1. The van der Waals surface area contributed by atoms with Crippen LogP contribution in [0.2, 0.25) is 5.02 Å². The average Bonchev–Trinajstić information content (AvgIpc) is 2.72. The number of sulfonamides is 1. The minimum absolute atomic E-state index is 0.177. The van der Waals surface area contributed by atoms with Crippen molar-refractivity contribution in [3.63, 3.8) is 0 Å². The molecule has 0 radical (unpaired) electrons. The van der Waals surface area contributed by atoms with E-state index < -0.39 is 28.5 Å². The molecule has 174 valence electrons. The Morgan fingerprint density at radius 2 is 1.78 bits per heavy atom. The molecule has 0 aliphatic carbocycles. The summed E-state index contributed by atoms with van der Waals surface area (Å²) in [7, 11) is -3.81. The monoisotopic (exact) mass is 479 g/mol. The lowest BCUT2D eigenvalue weighted by Crippen LogP contribution is -2.52. The number of para-hydroxylation sites is 1. The number of halogens is 1. The number of hydrogen-bond acceptors (Lipinski definition) is 4. The maximum absolute atomic E-state index is 13.5. The summed E-state index contributed by atoms with van der Waals surface area (Å²) >= 11 is 6.22. The van der Waals surface area contributed by atoms with E-state index in [0.29, 0.717) is 13.0 Å². The summed E-state index contributed by atoms with van der Waals surface area (Å²) in [5.41, 5.74) is 2.09. The lowest BCUT2D eigenvalue weighted by Gasteiger charge is -2.33. The number of carbonyl (C=O) groups is 2. The fourth-order valence-corrected chi connectivity index (χ4v) is 4.62. The first-order valence-corrected chi connectivity index (χ1v) is 12.7. The lowest BCUT2D eigenvalue weighted by atomic mass is 10.1. The van der Waals surface area contributed by atoms with Gasteiger partial charge in [-0.05, 0) is 38.0 Å². The molecule has 0 aliphatic rings. The SMILES string of the molecule is CCNC(=O)[C@H](CC)N(Cc1cccc(C)c1)C(=O)CN(c1ccccc1Cl)S(C)(=O)=O. The standard InChI is InChI=1S/C23H30ClN3O4S/c1-5-20(23(29)25-6-2)26(15-18-11-9-10-17(3)14-18)22(28)16-27(32(4,30)31)21-13-8-7-12-19(21)24/h7-14,20H,5-6,15-16H2,1-4H3,(H,25,29)/t20-/m0/s1. The normalized spacial score (nSPS) is 12.2. The van der Waals surface area contributed by atoms with E-state index in [4.69, 9.17) is 11.6 Å². The molecule has 2 aromatic rings. The van der Waals surface area contributed by atoms with Crippen LogP contribution in [0.25, 0.3) is 0 Å². The summed E-state index contributed by atoms with van der Waals surface area (Å²) in [6.07, 6.45) is 1.41. The Bertz CT molecular complexity index is 1060. The van der Waals surface area contributed by atoms with Crippen molar-refractivity contribution in [2.75, 3.05) is 23.7 Å². The van der Waals surface area contributed by atoms with Crippen LogP contribution in [0.4, 0.5) is 5.69 Å². The number of likely N-dealkylation sites (N-methyl/N-ethyl adjacent to an activating group) is 1. The molecule has 0 heterocycles. The Morgan fingerprint density at radius 3 is 2.34 bits per heavy atom. The van der Waals surface area contributed by atoms with Crippen molar-refractivity contribution in [3.8, 4) is 0 Å². The van der Waals surface area contributed by atoms with E-state index in [-0.39, 0.29) is 23.2 Å². The second-order valence-corrected chi connectivity index (χ2v) is 9.86. The van der Waals surface area contributed by atoms with Crippen molar-refractivity contribution in [1.29, 1.82) is 0 Å². The molecule has 32 heavy (non-hydrogen) atoms. The van der Waals surface area contributed by atoms with Crippen LogP contribution in [-0.4, -0.2) is 50.5 Å². The van der Waals surface area contributed by atoms with E-state index in [0.717, 1.165) is 21.7 Å². The molecule has 2 aromatic carbocycles. The van der Waals surface area contributed by atoms with Crippen molar-refractivity contribution in [1.82, 2.24) is 10.2 Å². The van der Waals surface area contributed by atoms with Gasteiger partial charge in [0, 0.05) is 13.1 Å². The fraction of sp³-hybridized carbons (Fsp3) is 0.391. The van der Waals surface area contributed by atoms with Gasteiger partial charge in [0.1, 0.15) is 12.6 Å². The third-order valence-corrected chi connectivity index (χ3v) is 6.42. The van der Waals surface area contributed by atoms with E-state index >= 15 is 0 Å².